The maximum Gasteiger partial charge on any atom is 0.490 e. The first-order chi connectivity index (χ1) is 13.5. The lowest BCUT2D eigenvalue weighted by Gasteiger charge is -2.34. The fourth-order valence-corrected chi connectivity index (χ4v) is 5.14. The monoisotopic (exact) mass is 446 g/mol. The third-order valence-corrected chi connectivity index (χ3v) is 7.41. The van der Waals surface area contributed by atoms with Crippen LogP contribution in [-0.4, -0.2) is 99.3 Å². The van der Waals surface area contributed by atoms with E-state index >= 15 is 0 Å². The van der Waals surface area contributed by atoms with Crippen LogP contribution in [0.5, 0.6) is 0 Å². The molecule has 29 heavy (non-hydrogen) atoms. The van der Waals surface area contributed by atoms with Crippen LogP contribution in [-0.2, 0) is 24.3 Å². The van der Waals surface area contributed by atoms with E-state index in [1.165, 1.54) is 0 Å². The van der Waals surface area contributed by atoms with Gasteiger partial charge in [-0.2, -0.15) is 17.5 Å². The normalized spacial score (nSPS) is 28.0. The summed E-state index contributed by atoms with van der Waals surface area (Å²) < 4.78 is 69.2. The molecule has 0 aromatic rings. The van der Waals surface area contributed by atoms with Gasteiger partial charge in [-0.1, -0.05) is 0 Å². The largest absolute Gasteiger partial charge is 0.490 e. The van der Waals surface area contributed by atoms with Gasteiger partial charge in [-0.15, -0.1) is 0 Å². The summed E-state index contributed by atoms with van der Waals surface area (Å²) in [6, 6.07) is 0.590. The third kappa shape index (κ3) is 6.78. The number of hydrogen-bond acceptors (Lipinski definition) is 6. The first-order valence-corrected chi connectivity index (χ1v) is 11.3. The van der Waals surface area contributed by atoms with E-state index in [1.54, 1.807) is 11.2 Å². The molecule has 3 rings (SSSR count). The number of nitrogens with zero attached hydrogens (tertiary/aromatic N) is 2. The average Bonchev–Trinajstić information content (AvgIpc) is 2.96. The summed E-state index contributed by atoms with van der Waals surface area (Å²) in [4.78, 5) is 11.4. The summed E-state index contributed by atoms with van der Waals surface area (Å²) in [5.74, 6) is -2.58. The Labute approximate surface area is 169 Å². The highest BCUT2D eigenvalue weighted by Gasteiger charge is 2.44. The highest BCUT2D eigenvalue weighted by atomic mass is 32.2. The number of hydrogen-bond donors (Lipinski definition) is 1. The second-order valence-corrected chi connectivity index (χ2v) is 9.91. The molecule has 1 spiro atoms. The highest BCUT2D eigenvalue weighted by molar-refractivity contribution is 7.89. The second-order valence-electron chi connectivity index (χ2n) is 7.65. The number of carboxylic acids is 1. The number of sulfonamides is 1. The minimum atomic E-state index is -5.08. The molecule has 1 unspecified atom stereocenters. The van der Waals surface area contributed by atoms with Crippen molar-refractivity contribution in [1.29, 1.82) is 0 Å². The Bertz CT molecular complexity index is 654. The standard InChI is InChI=1S/C15H28N2O4S.C2HF3O2/c1-2-22(18,19)17-7-10-21-13-15(12-17)5-6-16(11-15)14-3-8-20-9-4-14;3-2(4,5)1(6)7/h14H,2-13H2,1H3;(H,6,7). The van der Waals surface area contributed by atoms with Crippen molar-refractivity contribution >= 4 is 16.0 Å². The van der Waals surface area contributed by atoms with Crippen molar-refractivity contribution in [3.8, 4) is 0 Å². The fraction of sp³-hybridized carbons (Fsp3) is 0.941. The van der Waals surface area contributed by atoms with Crippen LogP contribution in [0.1, 0.15) is 26.2 Å². The molecule has 3 fully saturated rings. The van der Waals surface area contributed by atoms with Crippen molar-refractivity contribution in [3.63, 3.8) is 0 Å². The predicted octanol–water partition coefficient (Wildman–Crippen LogP) is 1.17. The Hall–Kier alpha value is -0.950. The zero-order valence-electron chi connectivity index (χ0n) is 16.5. The lowest BCUT2D eigenvalue weighted by molar-refractivity contribution is -0.192. The Morgan fingerprint density at radius 3 is 2.31 bits per heavy atom. The summed E-state index contributed by atoms with van der Waals surface area (Å²) in [5.41, 5.74) is -0.0307. The molecule has 8 nitrogen and oxygen atoms in total. The van der Waals surface area contributed by atoms with Crippen LogP contribution >= 0.6 is 0 Å². The van der Waals surface area contributed by atoms with Crippen LogP contribution in [0.2, 0.25) is 0 Å². The molecule has 3 aliphatic heterocycles. The number of aliphatic carboxylic acids is 1. The number of alkyl halides is 3. The molecule has 0 aliphatic carbocycles. The topological polar surface area (TPSA) is 96.4 Å². The summed E-state index contributed by atoms with van der Waals surface area (Å²) in [6.45, 7) is 7.72. The Morgan fingerprint density at radius 2 is 1.76 bits per heavy atom. The van der Waals surface area contributed by atoms with Gasteiger partial charge in [0, 0.05) is 44.3 Å². The molecule has 0 bridgehead atoms. The van der Waals surface area contributed by atoms with E-state index in [-0.39, 0.29) is 11.2 Å². The van der Waals surface area contributed by atoms with Gasteiger partial charge in [0.25, 0.3) is 0 Å². The van der Waals surface area contributed by atoms with E-state index in [4.69, 9.17) is 19.4 Å². The van der Waals surface area contributed by atoms with E-state index in [1.807, 2.05) is 0 Å². The van der Waals surface area contributed by atoms with Crippen LogP contribution < -0.4 is 0 Å². The van der Waals surface area contributed by atoms with E-state index < -0.39 is 22.2 Å². The van der Waals surface area contributed by atoms with Gasteiger partial charge >= 0.3 is 12.1 Å². The molecule has 0 amide bonds. The Morgan fingerprint density at radius 1 is 1.14 bits per heavy atom. The van der Waals surface area contributed by atoms with Crippen molar-refractivity contribution in [2.24, 2.45) is 5.41 Å². The predicted molar refractivity (Wildman–Crippen MR) is 98.0 cm³/mol. The van der Waals surface area contributed by atoms with Crippen LogP contribution in [0, 0.1) is 5.41 Å². The second kappa shape index (κ2) is 9.90. The molecule has 1 N–H and O–H groups in total. The molecule has 12 heteroatoms. The quantitative estimate of drug-likeness (QED) is 0.695. The number of halogens is 3. The van der Waals surface area contributed by atoms with E-state index in [2.05, 4.69) is 4.90 Å². The molecule has 0 saturated carbocycles. The number of carbonyl (C=O) groups is 1. The van der Waals surface area contributed by atoms with Gasteiger partial charge in [0.15, 0.2) is 0 Å². The molecule has 0 aromatic carbocycles. The van der Waals surface area contributed by atoms with Gasteiger partial charge in [0.05, 0.1) is 19.0 Å². The molecule has 3 aliphatic rings. The first kappa shape index (κ1) is 24.3. The highest BCUT2D eigenvalue weighted by Crippen LogP contribution is 2.36. The maximum absolute atomic E-state index is 12.3. The summed E-state index contributed by atoms with van der Waals surface area (Å²) >= 11 is 0. The minimum absolute atomic E-state index is 0.0307. The first-order valence-electron chi connectivity index (χ1n) is 9.66. The van der Waals surface area contributed by atoms with Gasteiger partial charge < -0.3 is 14.6 Å². The van der Waals surface area contributed by atoms with Crippen LogP contribution in [0.3, 0.4) is 0 Å². The lowest BCUT2D eigenvalue weighted by atomic mass is 9.88. The zero-order chi connectivity index (χ0) is 21.7. The fourth-order valence-electron chi connectivity index (χ4n) is 3.95. The molecule has 0 radical (unpaired) electrons. The van der Waals surface area contributed by atoms with Gasteiger partial charge in [0.1, 0.15) is 0 Å². The maximum atomic E-state index is 12.3. The number of rotatable bonds is 3. The van der Waals surface area contributed by atoms with E-state index in [9.17, 15) is 21.6 Å². The smallest absolute Gasteiger partial charge is 0.475 e. The van der Waals surface area contributed by atoms with Crippen molar-refractivity contribution in [2.75, 3.05) is 58.4 Å². The SMILES string of the molecule is CCS(=O)(=O)N1CCOCC2(CCN(C3CCOCC3)C2)C1.O=C(O)C(F)(F)F. The van der Waals surface area contributed by atoms with Crippen LogP contribution in [0.25, 0.3) is 0 Å². The van der Waals surface area contributed by atoms with Crippen LogP contribution in [0.15, 0.2) is 0 Å². The van der Waals surface area contributed by atoms with Crippen LogP contribution in [0.4, 0.5) is 13.2 Å². The number of carboxylic acid groups (broad SMARTS) is 1. The van der Waals surface area contributed by atoms with Gasteiger partial charge in [0.2, 0.25) is 10.0 Å². The lowest BCUT2D eigenvalue weighted by Crippen LogP contribution is -2.45. The van der Waals surface area contributed by atoms with E-state index in [0.29, 0.717) is 32.3 Å². The molecule has 3 saturated heterocycles. The Kier molecular flexibility index (Phi) is 8.31. The molecular weight excluding hydrogens is 417 g/mol. The zero-order valence-corrected chi connectivity index (χ0v) is 17.3. The Balaban J connectivity index is 0.000000370. The summed E-state index contributed by atoms with van der Waals surface area (Å²) in [7, 11) is -3.14. The third-order valence-electron chi connectivity index (χ3n) is 5.58. The van der Waals surface area contributed by atoms with Gasteiger partial charge in [-0.05, 0) is 32.7 Å². The number of ether oxygens (including phenoxy) is 2. The summed E-state index contributed by atoms with van der Waals surface area (Å²) in [5, 5.41) is 7.12. The molecule has 0 aromatic heterocycles. The summed E-state index contributed by atoms with van der Waals surface area (Å²) in [6.07, 6.45) is -1.87. The van der Waals surface area contributed by atoms with Crippen molar-refractivity contribution < 1.29 is 41.0 Å². The van der Waals surface area contributed by atoms with Gasteiger partial charge in [-0.25, -0.2) is 13.2 Å². The van der Waals surface area contributed by atoms with Crippen molar-refractivity contribution in [2.45, 2.75) is 38.4 Å². The molecule has 170 valence electrons. The van der Waals surface area contributed by atoms with E-state index in [0.717, 1.165) is 45.6 Å². The molecular formula is C17H29F3N2O6S. The molecule has 1 atom stereocenters. The molecule has 3 heterocycles. The minimum Gasteiger partial charge on any atom is -0.475 e. The van der Waals surface area contributed by atoms with Crippen molar-refractivity contribution in [1.82, 2.24) is 9.21 Å². The average molecular weight is 446 g/mol. The number of likely N-dealkylation sites (tertiary alicyclic amines) is 1. The van der Waals surface area contributed by atoms with Crippen molar-refractivity contribution in [3.05, 3.63) is 0 Å². The van der Waals surface area contributed by atoms with Gasteiger partial charge in [-0.3, -0.25) is 4.90 Å².